The molecule has 3 heteroatoms. The van der Waals surface area contributed by atoms with Gasteiger partial charge in [-0.1, -0.05) is 45.4 Å². The Bertz CT molecular complexity index is 202. The number of hydrogen-bond donors (Lipinski definition) is 1. The van der Waals surface area contributed by atoms with Gasteiger partial charge < -0.3 is 5.32 Å². The van der Waals surface area contributed by atoms with Gasteiger partial charge in [-0.3, -0.25) is 4.99 Å². The largest absolute Gasteiger partial charge is 0.365 e. The molecule has 0 aromatic carbocycles. The van der Waals surface area contributed by atoms with Crippen LogP contribution in [0.25, 0.3) is 0 Å². The zero-order valence-electron chi connectivity index (χ0n) is 10.3. The molecular formula is C12H24N2S. The smallest absolute Gasteiger partial charge is 0.156 e. The molecule has 0 bridgehead atoms. The van der Waals surface area contributed by atoms with Crippen LogP contribution in [0.4, 0.5) is 0 Å². The van der Waals surface area contributed by atoms with E-state index in [2.05, 4.69) is 31.1 Å². The fraction of sp³-hybridized carbons (Fsp3) is 0.917. The third-order valence-corrected chi connectivity index (χ3v) is 3.97. The molecule has 0 saturated carbocycles. The molecule has 0 aliphatic carbocycles. The summed E-state index contributed by atoms with van der Waals surface area (Å²) in [6.07, 6.45) is 5.18. The monoisotopic (exact) mass is 228 g/mol. The van der Waals surface area contributed by atoms with Crippen LogP contribution in [-0.4, -0.2) is 23.5 Å². The highest BCUT2D eigenvalue weighted by atomic mass is 32.2. The molecule has 0 fully saturated rings. The number of rotatable bonds is 6. The van der Waals surface area contributed by atoms with Crippen LogP contribution >= 0.6 is 11.8 Å². The van der Waals surface area contributed by atoms with Gasteiger partial charge in [0.2, 0.25) is 0 Å². The van der Waals surface area contributed by atoms with Crippen molar-refractivity contribution in [3.05, 3.63) is 0 Å². The van der Waals surface area contributed by atoms with Crippen LogP contribution in [0.2, 0.25) is 0 Å². The van der Waals surface area contributed by atoms with Crippen molar-refractivity contribution in [2.24, 2.45) is 10.9 Å². The minimum Gasteiger partial charge on any atom is -0.365 e. The second kappa shape index (κ2) is 7.15. The lowest BCUT2D eigenvalue weighted by atomic mass is 10.1. The molecule has 88 valence electrons. The van der Waals surface area contributed by atoms with Crippen molar-refractivity contribution < 1.29 is 0 Å². The summed E-state index contributed by atoms with van der Waals surface area (Å²) in [5.41, 5.74) is 0. The van der Waals surface area contributed by atoms with E-state index in [1.54, 1.807) is 0 Å². The van der Waals surface area contributed by atoms with Crippen molar-refractivity contribution in [1.82, 2.24) is 5.32 Å². The third kappa shape index (κ3) is 5.45. The number of thioether (sulfide) groups is 1. The first-order valence-corrected chi connectivity index (χ1v) is 7.05. The van der Waals surface area contributed by atoms with Crippen molar-refractivity contribution in [1.29, 1.82) is 0 Å². The summed E-state index contributed by atoms with van der Waals surface area (Å²) in [6.45, 7) is 8.91. The van der Waals surface area contributed by atoms with E-state index in [4.69, 9.17) is 0 Å². The van der Waals surface area contributed by atoms with Gasteiger partial charge in [-0.25, -0.2) is 0 Å². The number of nitrogens with one attached hydrogen (secondary N) is 1. The Balaban J connectivity index is 1.97. The Kier molecular flexibility index (Phi) is 6.15. The van der Waals surface area contributed by atoms with Gasteiger partial charge in [0.25, 0.3) is 0 Å². The maximum Gasteiger partial charge on any atom is 0.156 e. The fourth-order valence-electron chi connectivity index (χ4n) is 1.60. The van der Waals surface area contributed by atoms with E-state index in [0.29, 0.717) is 0 Å². The maximum atomic E-state index is 4.49. The molecule has 15 heavy (non-hydrogen) atoms. The lowest BCUT2D eigenvalue weighted by molar-refractivity contribution is 0.536. The molecule has 1 N–H and O–H groups in total. The molecule has 1 heterocycles. The average molecular weight is 228 g/mol. The second-order valence-corrected chi connectivity index (χ2v) is 5.90. The van der Waals surface area contributed by atoms with Crippen molar-refractivity contribution in [2.75, 3.05) is 13.1 Å². The van der Waals surface area contributed by atoms with Crippen LogP contribution in [0.3, 0.4) is 0 Å². The molecule has 0 spiro atoms. The molecule has 1 aliphatic heterocycles. The Labute approximate surface area is 98.3 Å². The normalized spacial score (nSPS) is 20.8. The van der Waals surface area contributed by atoms with Crippen LogP contribution in [0.15, 0.2) is 4.99 Å². The molecule has 1 unspecified atom stereocenters. The zero-order valence-corrected chi connectivity index (χ0v) is 11.1. The summed E-state index contributed by atoms with van der Waals surface area (Å²) in [5, 5.41) is 5.33. The summed E-state index contributed by atoms with van der Waals surface area (Å²) in [5.74, 6) is 0.840. The molecular weight excluding hydrogens is 204 g/mol. The maximum absolute atomic E-state index is 4.49. The van der Waals surface area contributed by atoms with Gasteiger partial charge in [0.05, 0.1) is 6.54 Å². The van der Waals surface area contributed by atoms with E-state index >= 15 is 0 Å². The predicted octanol–water partition coefficient (Wildman–Crippen LogP) is 3.28. The molecule has 0 aromatic heterocycles. The van der Waals surface area contributed by atoms with Gasteiger partial charge in [0.1, 0.15) is 0 Å². The lowest BCUT2D eigenvalue weighted by Gasteiger charge is -2.07. The SMILES string of the molecule is CCC1CN=C(NCCCCC(C)C)S1. The standard InChI is InChI=1S/C12H24N2S/c1-4-11-9-14-12(15-11)13-8-6-5-7-10(2)3/h10-11H,4-9H2,1-3H3,(H,13,14). The van der Waals surface area contributed by atoms with Crippen molar-refractivity contribution in [2.45, 2.75) is 51.7 Å². The predicted molar refractivity (Wildman–Crippen MR) is 70.7 cm³/mol. The second-order valence-electron chi connectivity index (χ2n) is 4.61. The number of aliphatic imine (C=N–C) groups is 1. The highest BCUT2D eigenvalue weighted by molar-refractivity contribution is 8.14. The third-order valence-electron chi connectivity index (χ3n) is 2.66. The van der Waals surface area contributed by atoms with Crippen LogP contribution in [-0.2, 0) is 0 Å². The van der Waals surface area contributed by atoms with Crippen molar-refractivity contribution in [3.8, 4) is 0 Å². The van der Waals surface area contributed by atoms with E-state index in [9.17, 15) is 0 Å². The van der Waals surface area contributed by atoms with Gasteiger partial charge in [-0.2, -0.15) is 0 Å². The van der Waals surface area contributed by atoms with Crippen molar-refractivity contribution >= 4 is 16.9 Å². The van der Waals surface area contributed by atoms with Crippen LogP contribution in [0, 0.1) is 5.92 Å². The first-order chi connectivity index (χ1) is 7.22. The quantitative estimate of drug-likeness (QED) is 0.706. The number of hydrogen-bond acceptors (Lipinski definition) is 3. The Hall–Kier alpha value is -0.180. The molecule has 2 nitrogen and oxygen atoms in total. The van der Waals surface area contributed by atoms with E-state index < -0.39 is 0 Å². The highest BCUT2D eigenvalue weighted by Gasteiger charge is 2.16. The summed E-state index contributed by atoms with van der Waals surface area (Å²) in [7, 11) is 0. The Morgan fingerprint density at radius 2 is 2.27 bits per heavy atom. The summed E-state index contributed by atoms with van der Waals surface area (Å²) in [4.78, 5) is 4.49. The first-order valence-electron chi connectivity index (χ1n) is 6.17. The number of nitrogens with zero attached hydrogens (tertiary/aromatic N) is 1. The van der Waals surface area contributed by atoms with Gasteiger partial charge in [-0.15, -0.1) is 0 Å². The molecule has 0 radical (unpaired) electrons. The minimum absolute atomic E-state index is 0.725. The van der Waals surface area contributed by atoms with E-state index in [1.165, 1.54) is 30.9 Å². The summed E-state index contributed by atoms with van der Waals surface area (Å²) < 4.78 is 0. The zero-order chi connectivity index (χ0) is 11.1. The number of unbranched alkanes of at least 4 members (excludes halogenated alkanes) is 1. The molecule has 1 atom stereocenters. The fourth-order valence-corrected chi connectivity index (χ4v) is 2.57. The van der Waals surface area contributed by atoms with Crippen LogP contribution in [0.1, 0.15) is 46.5 Å². The Morgan fingerprint density at radius 3 is 2.87 bits per heavy atom. The highest BCUT2D eigenvalue weighted by Crippen LogP contribution is 2.21. The van der Waals surface area contributed by atoms with E-state index in [1.807, 2.05) is 11.8 Å². The van der Waals surface area contributed by atoms with Gasteiger partial charge >= 0.3 is 0 Å². The summed E-state index contributed by atoms with van der Waals surface area (Å²) >= 11 is 1.91. The van der Waals surface area contributed by atoms with Gasteiger partial charge in [0.15, 0.2) is 5.17 Å². The molecule has 0 aromatic rings. The average Bonchev–Trinajstić information content (AvgIpc) is 2.65. The molecule has 0 amide bonds. The molecule has 1 rings (SSSR count). The first kappa shape index (κ1) is 12.9. The van der Waals surface area contributed by atoms with Crippen LogP contribution < -0.4 is 5.32 Å². The minimum atomic E-state index is 0.725. The lowest BCUT2D eigenvalue weighted by Crippen LogP contribution is -2.20. The van der Waals surface area contributed by atoms with Gasteiger partial charge in [-0.05, 0) is 18.8 Å². The number of amidine groups is 1. The Morgan fingerprint density at radius 1 is 1.47 bits per heavy atom. The van der Waals surface area contributed by atoms with Crippen LogP contribution in [0.5, 0.6) is 0 Å². The molecule has 0 saturated heterocycles. The van der Waals surface area contributed by atoms with Gasteiger partial charge in [0, 0.05) is 11.8 Å². The topological polar surface area (TPSA) is 24.4 Å². The van der Waals surface area contributed by atoms with E-state index in [0.717, 1.165) is 24.3 Å². The summed E-state index contributed by atoms with van der Waals surface area (Å²) in [6, 6.07) is 0. The van der Waals surface area contributed by atoms with E-state index in [-0.39, 0.29) is 0 Å². The molecule has 1 aliphatic rings. The van der Waals surface area contributed by atoms with Crippen molar-refractivity contribution in [3.63, 3.8) is 0 Å².